The standard InChI is InChI=1S/C14H14FN5OS/c1-7-18-19-13(22-7)17-14(21)20-8-2-3-11(20)9-4-5-16-12(15)10(9)6-8/h4-5,8,11H,2-3,6H2,1H3,(H,17,19,21)/t8-,11+/m0/s1. The van der Waals surface area contributed by atoms with Crippen molar-refractivity contribution in [2.24, 2.45) is 0 Å². The van der Waals surface area contributed by atoms with Crippen LogP contribution in [0.2, 0.25) is 0 Å². The summed E-state index contributed by atoms with van der Waals surface area (Å²) in [6.45, 7) is 1.84. The molecule has 1 N–H and O–H groups in total. The van der Waals surface area contributed by atoms with Crippen LogP contribution in [0, 0.1) is 12.9 Å². The highest BCUT2D eigenvalue weighted by Crippen LogP contribution is 2.44. The van der Waals surface area contributed by atoms with Crippen LogP contribution in [0.4, 0.5) is 14.3 Å². The van der Waals surface area contributed by atoms with E-state index in [0.717, 1.165) is 23.4 Å². The molecule has 2 aliphatic rings. The maximum atomic E-state index is 13.9. The molecule has 4 heterocycles. The van der Waals surface area contributed by atoms with E-state index in [4.69, 9.17) is 0 Å². The number of pyridine rings is 1. The molecule has 2 bridgehead atoms. The smallest absolute Gasteiger partial charge is 0.314 e. The Kier molecular flexibility index (Phi) is 3.07. The molecular formula is C14H14FN5OS. The van der Waals surface area contributed by atoms with Crippen molar-refractivity contribution >= 4 is 22.5 Å². The minimum Gasteiger partial charge on any atom is -0.314 e. The van der Waals surface area contributed by atoms with Crippen molar-refractivity contribution in [3.8, 4) is 0 Å². The lowest BCUT2D eigenvalue weighted by molar-refractivity contribution is 0.178. The molecule has 8 heteroatoms. The Bertz CT molecular complexity index is 749. The van der Waals surface area contributed by atoms with Crippen molar-refractivity contribution in [2.75, 3.05) is 5.32 Å². The fourth-order valence-corrected chi connectivity index (χ4v) is 4.01. The minimum absolute atomic E-state index is 0.0187. The highest BCUT2D eigenvalue weighted by Gasteiger charge is 2.43. The largest absolute Gasteiger partial charge is 0.324 e. The molecule has 1 fully saturated rings. The van der Waals surface area contributed by atoms with Gasteiger partial charge in [0.2, 0.25) is 11.1 Å². The first-order chi connectivity index (χ1) is 10.6. The molecule has 22 heavy (non-hydrogen) atoms. The number of amides is 2. The van der Waals surface area contributed by atoms with Crippen LogP contribution < -0.4 is 5.32 Å². The highest BCUT2D eigenvalue weighted by atomic mass is 32.1. The number of carbonyl (C=O) groups excluding carboxylic acids is 1. The van der Waals surface area contributed by atoms with E-state index in [1.54, 1.807) is 0 Å². The summed E-state index contributed by atoms with van der Waals surface area (Å²) < 4.78 is 13.9. The van der Waals surface area contributed by atoms with Gasteiger partial charge in [-0.2, -0.15) is 4.39 Å². The van der Waals surface area contributed by atoms with Crippen molar-refractivity contribution in [1.82, 2.24) is 20.1 Å². The SMILES string of the molecule is Cc1nnc(NC(=O)N2[C@H]3CC[C@@H]2c2ccnc(F)c2C3)s1. The molecule has 1 saturated heterocycles. The molecule has 0 spiro atoms. The zero-order valence-corrected chi connectivity index (χ0v) is 12.7. The number of fused-ring (bicyclic) bond motifs is 4. The number of aryl methyl sites for hydroxylation is 1. The van der Waals surface area contributed by atoms with Crippen LogP contribution in [0.5, 0.6) is 0 Å². The molecule has 0 aromatic carbocycles. The topological polar surface area (TPSA) is 71.0 Å². The van der Waals surface area contributed by atoms with Crippen LogP contribution >= 0.6 is 11.3 Å². The van der Waals surface area contributed by atoms with E-state index in [-0.39, 0.29) is 18.1 Å². The Labute approximate surface area is 130 Å². The molecule has 2 aromatic rings. The third-order valence-corrected chi connectivity index (χ3v) is 5.07. The van der Waals surface area contributed by atoms with Crippen molar-refractivity contribution in [3.05, 3.63) is 34.3 Å². The number of nitrogens with one attached hydrogen (secondary N) is 1. The van der Waals surface area contributed by atoms with Gasteiger partial charge in [0.1, 0.15) is 5.01 Å². The molecule has 2 amide bonds. The molecule has 6 nitrogen and oxygen atoms in total. The van der Waals surface area contributed by atoms with E-state index in [1.165, 1.54) is 17.5 Å². The third kappa shape index (κ3) is 2.06. The summed E-state index contributed by atoms with van der Waals surface area (Å²) in [5.41, 5.74) is 1.54. The van der Waals surface area contributed by atoms with Crippen LogP contribution in [0.3, 0.4) is 0 Å². The first-order valence-electron chi connectivity index (χ1n) is 7.16. The molecule has 4 rings (SSSR count). The second-order valence-electron chi connectivity index (χ2n) is 5.58. The fourth-order valence-electron chi connectivity index (χ4n) is 3.43. The summed E-state index contributed by atoms with van der Waals surface area (Å²) in [4.78, 5) is 18.1. The maximum absolute atomic E-state index is 13.9. The Morgan fingerprint density at radius 2 is 2.32 bits per heavy atom. The van der Waals surface area contributed by atoms with Crippen LogP contribution in [0.1, 0.15) is 35.0 Å². The van der Waals surface area contributed by atoms with Gasteiger partial charge in [-0.3, -0.25) is 5.32 Å². The quantitative estimate of drug-likeness (QED) is 0.820. The van der Waals surface area contributed by atoms with Crippen molar-refractivity contribution in [2.45, 2.75) is 38.3 Å². The summed E-state index contributed by atoms with van der Waals surface area (Å²) in [5.74, 6) is -0.408. The van der Waals surface area contributed by atoms with Gasteiger partial charge in [0.25, 0.3) is 0 Å². The maximum Gasteiger partial charge on any atom is 0.324 e. The van der Waals surface area contributed by atoms with Crippen molar-refractivity contribution < 1.29 is 9.18 Å². The van der Waals surface area contributed by atoms with Crippen LogP contribution in [-0.2, 0) is 6.42 Å². The van der Waals surface area contributed by atoms with E-state index in [0.29, 0.717) is 17.1 Å². The number of anilines is 1. The number of urea groups is 1. The molecule has 2 aliphatic heterocycles. The summed E-state index contributed by atoms with van der Waals surface area (Å²) in [7, 11) is 0. The average molecular weight is 319 g/mol. The normalized spacial score (nSPS) is 22.5. The number of nitrogens with zero attached hydrogens (tertiary/aromatic N) is 4. The van der Waals surface area contributed by atoms with Gasteiger partial charge in [-0.05, 0) is 37.8 Å². The fraction of sp³-hybridized carbons (Fsp3) is 0.429. The van der Waals surface area contributed by atoms with E-state index in [1.807, 2.05) is 17.9 Å². The summed E-state index contributed by atoms with van der Waals surface area (Å²) in [6, 6.07) is 1.57. The zero-order valence-electron chi connectivity index (χ0n) is 11.9. The van der Waals surface area contributed by atoms with Gasteiger partial charge in [0.15, 0.2) is 0 Å². The van der Waals surface area contributed by atoms with Gasteiger partial charge in [-0.15, -0.1) is 10.2 Å². The van der Waals surface area contributed by atoms with Crippen molar-refractivity contribution in [1.29, 1.82) is 0 Å². The van der Waals surface area contributed by atoms with Crippen LogP contribution in [-0.4, -0.2) is 32.2 Å². The van der Waals surface area contributed by atoms with E-state index in [9.17, 15) is 9.18 Å². The molecule has 0 radical (unpaired) electrons. The molecule has 2 aromatic heterocycles. The number of carbonyl (C=O) groups is 1. The summed E-state index contributed by atoms with van der Waals surface area (Å²) in [5, 5.41) is 11.9. The Morgan fingerprint density at radius 1 is 1.45 bits per heavy atom. The lowest BCUT2D eigenvalue weighted by Gasteiger charge is -2.35. The first kappa shape index (κ1) is 13.6. The molecule has 0 aliphatic carbocycles. The molecule has 114 valence electrons. The zero-order chi connectivity index (χ0) is 15.3. The van der Waals surface area contributed by atoms with Crippen molar-refractivity contribution in [3.63, 3.8) is 0 Å². The number of hydrogen-bond acceptors (Lipinski definition) is 5. The van der Waals surface area contributed by atoms with Gasteiger partial charge in [0, 0.05) is 17.8 Å². The van der Waals surface area contributed by atoms with E-state index >= 15 is 0 Å². The third-order valence-electron chi connectivity index (χ3n) is 4.32. The first-order valence-corrected chi connectivity index (χ1v) is 7.98. The average Bonchev–Trinajstić information content (AvgIpc) is 3.03. The lowest BCUT2D eigenvalue weighted by atomic mass is 9.95. The van der Waals surface area contributed by atoms with E-state index < -0.39 is 5.95 Å². The number of aromatic nitrogens is 3. The Balaban J connectivity index is 1.62. The lowest BCUT2D eigenvalue weighted by Crippen LogP contribution is -2.44. The van der Waals surface area contributed by atoms with Gasteiger partial charge in [-0.1, -0.05) is 11.3 Å². The van der Waals surface area contributed by atoms with Gasteiger partial charge >= 0.3 is 6.03 Å². The predicted molar refractivity (Wildman–Crippen MR) is 79.2 cm³/mol. The number of rotatable bonds is 1. The van der Waals surface area contributed by atoms with Crippen LogP contribution in [0.15, 0.2) is 12.3 Å². The summed E-state index contributed by atoms with van der Waals surface area (Å²) >= 11 is 1.34. The predicted octanol–water partition coefficient (Wildman–Crippen LogP) is 2.67. The summed E-state index contributed by atoms with van der Waals surface area (Å²) in [6.07, 6.45) is 3.72. The second kappa shape index (κ2) is 4.98. The Hall–Kier alpha value is -2.09. The van der Waals surface area contributed by atoms with Gasteiger partial charge in [0.05, 0.1) is 6.04 Å². The molecular weight excluding hydrogens is 305 g/mol. The minimum atomic E-state index is -0.408. The van der Waals surface area contributed by atoms with Gasteiger partial charge < -0.3 is 4.90 Å². The molecule has 0 saturated carbocycles. The monoisotopic (exact) mass is 319 g/mol. The van der Waals surface area contributed by atoms with E-state index in [2.05, 4.69) is 20.5 Å². The number of halogens is 1. The second-order valence-corrected chi connectivity index (χ2v) is 6.77. The van der Waals surface area contributed by atoms with Gasteiger partial charge in [-0.25, -0.2) is 9.78 Å². The Morgan fingerprint density at radius 3 is 3.09 bits per heavy atom. The van der Waals surface area contributed by atoms with Crippen LogP contribution in [0.25, 0.3) is 0 Å². The molecule has 2 atom stereocenters. The molecule has 0 unspecified atom stereocenters. The number of hydrogen-bond donors (Lipinski definition) is 1. The highest BCUT2D eigenvalue weighted by molar-refractivity contribution is 7.15.